The Morgan fingerprint density at radius 1 is 1.12 bits per heavy atom. The van der Waals surface area contributed by atoms with Gasteiger partial charge in [-0.1, -0.05) is 6.92 Å². The van der Waals surface area contributed by atoms with E-state index in [9.17, 15) is 18.7 Å². The second-order valence-corrected chi connectivity index (χ2v) is 6.59. The third kappa shape index (κ3) is 3.86. The Hall–Kier alpha value is -2.31. The Bertz CT molecular complexity index is 810. The lowest BCUT2D eigenvalue weighted by atomic mass is 9.91. The van der Waals surface area contributed by atoms with Crippen LogP contribution in [-0.4, -0.2) is 17.1 Å². The topological polar surface area (TPSA) is 75.3 Å². The van der Waals surface area contributed by atoms with Crippen LogP contribution < -0.4 is 11.1 Å². The molecule has 0 saturated carbocycles. The first-order valence-corrected chi connectivity index (χ1v) is 8.18. The van der Waals surface area contributed by atoms with E-state index in [0.29, 0.717) is 22.4 Å². The first-order chi connectivity index (χ1) is 11.8. The van der Waals surface area contributed by atoms with Crippen LogP contribution >= 0.6 is 0 Å². The number of rotatable bonds is 0. The number of aliphatic hydroxyl groups excluding tert-OH is 1. The minimum atomic E-state index is -0.783. The van der Waals surface area contributed by atoms with Crippen molar-refractivity contribution in [2.75, 3.05) is 5.32 Å². The molecule has 1 aliphatic heterocycles. The maximum absolute atomic E-state index is 14.1. The molecule has 0 fully saturated rings. The van der Waals surface area contributed by atoms with Gasteiger partial charge in [-0.25, -0.2) is 8.78 Å². The number of carbonyl (C=O) groups is 1. The lowest BCUT2D eigenvalue weighted by molar-refractivity contribution is -0.120. The Morgan fingerprint density at radius 2 is 1.88 bits per heavy atom. The molecule has 0 aromatic heterocycles. The van der Waals surface area contributed by atoms with Crippen molar-refractivity contribution < 1.29 is 18.7 Å². The van der Waals surface area contributed by atoms with Gasteiger partial charge in [0, 0.05) is 23.2 Å². The summed E-state index contributed by atoms with van der Waals surface area (Å²) in [5.41, 5.74) is 7.82. The second kappa shape index (κ2) is 6.90. The molecule has 4 nitrogen and oxygen atoms in total. The predicted molar refractivity (Wildman–Crippen MR) is 91.8 cm³/mol. The van der Waals surface area contributed by atoms with Crippen LogP contribution in [0.1, 0.15) is 31.4 Å². The molecule has 0 spiro atoms. The number of aliphatic hydroxyl groups is 1. The normalized spacial score (nSPS) is 23.9. The molecule has 3 rings (SSSR count). The summed E-state index contributed by atoms with van der Waals surface area (Å²) in [7, 11) is 0. The van der Waals surface area contributed by atoms with Crippen molar-refractivity contribution >= 4 is 11.6 Å². The molecule has 2 bridgehead atoms. The number of fused-ring (bicyclic) bond motifs is 4. The number of benzene rings is 2. The standard InChI is InChI=1S/C19H20F2N2O2/c1-10-4-15(24)9-17(22)12-5-11(6-14(21)7-12)16-8-13(20)2-3-18(16)23-19(10)25/h2-3,5-8,10,15,17,24H,4,9,22H2,1H3,(H,23,25)/t10-,15-,17+/m1/s1. The van der Waals surface area contributed by atoms with E-state index in [-0.39, 0.29) is 18.7 Å². The summed E-state index contributed by atoms with van der Waals surface area (Å²) >= 11 is 0. The van der Waals surface area contributed by atoms with Crippen LogP contribution in [0.2, 0.25) is 0 Å². The molecule has 4 N–H and O–H groups in total. The molecule has 1 heterocycles. The van der Waals surface area contributed by atoms with Gasteiger partial charge in [-0.2, -0.15) is 0 Å². The molecule has 25 heavy (non-hydrogen) atoms. The third-order valence-electron chi connectivity index (χ3n) is 4.50. The van der Waals surface area contributed by atoms with E-state index in [1.54, 1.807) is 13.0 Å². The van der Waals surface area contributed by atoms with Crippen molar-refractivity contribution in [1.82, 2.24) is 0 Å². The highest BCUT2D eigenvalue weighted by atomic mass is 19.1. The van der Waals surface area contributed by atoms with Crippen LogP contribution in [-0.2, 0) is 4.79 Å². The molecule has 2 aromatic rings. The molecule has 2 aromatic carbocycles. The fourth-order valence-electron chi connectivity index (χ4n) is 3.14. The SMILES string of the molecule is C[C@@H]1C[C@@H](O)C[C@H](N)c2cc(F)cc(c2)-c2cc(F)ccc2NC1=O. The minimum Gasteiger partial charge on any atom is -0.393 e. The number of amides is 1. The van der Waals surface area contributed by atoms with Crippen molar-refractivity contribution in [2.45, 2.75) is 31.9 Å². The summed E-state index contributed by atoms with van der Waals surface area (Å²) in [4.78, 5) is 12.4. The van der Waals surface area contributed by atoms with Crippen molar-refractivity contribution in [3.63, 3.8) is 0 Å². The molecule has 6 heteroatoms. The monoisotopic (exact) mass is 346 g/mol. The fraction of sp³-hybridized carbons (Fsp3) is 0.316. The van der Waals surface area contributed by atoms with E-state index < -0.39 is 29.7 Å². The highest BCUT2D eigenvalue weighted by Gasteiger charge is 2.23. The van der Waals surface area contributed by atoms with Crippen molar-refractivity contribution in [2.24, 2.45) is 11.7 Å². The number of carbonyl (C=O) groups excluding carboxylic acids is 1. The zero-order chi connectivity index (χ0) is 18.1. The maximum Gasteiger partial charge on any atom is 0.227 e. The van der Waals surface area contributed by atoms with Gasteiger partial charge in [0.2, 0.25) is 5.91 Å². The zero-order valence-corrected chi connectivity index (χ0v) is 13.8. The van der Waals surface area contributed by atoms with Gasteiger partial charge in [-0.3, -0.25) is 4.79 Å². The lowest BCUT2D eigenvalue weighted by Gasteiger charge is -2.23. The molecule has 3 atom stereocenters. The van der Waals surface area contributed by atoms with Crippen LogP contribution in [0, 0.1) is 17.6 Å². The quantitative estimate of drug-likeness (QED) is 0.685. The molecule has 1 amide bonds. The predicted octanol–water partition coefficient (Wildman–Crippen LogP) is 3.36. The van der Waals surface area contributed by atoms with E-state index in [1.807, 2.05) is 0 Å². The van der Waals surface area contributed by atoms with Crippen molar-refractivity contribution in [1.29, 1.82) is 0 Å². The van der Waals surface area contributed by atoms with Crippen molar-refractivity contribution in [3.8, 4) is 11.1 Å². The summed E-state index contributed by atoms with van der Waals surface area (Å²) < 4.78 is 27.8. The first kappa shape index (κ1) is 17.5. The molecule has 0 saturated heterocycles. The average Bonchev–Trinajstić information content (AvgIpc) is 2.54. The van der Waals surface area contributed by atoms with Gasteiger partial charge in [-0.15, -0.1) is 0 Å². The Balaban J connectivity index is 2.18. The van der Waals surface area contributed by atoms with Gasteiger partial charge in [-0.05, 0) is 60.4 Å². The van der Waals surface area contributed by atoms with Gasteiger partial charge >= 0.3 is 0 Å². The van der Waals surface area contributed by atoms with Gasteiger partial charge in [0.15, 0.2) is 0 Å². The first-order valence-electron chi connectivity index (χ1n) is 8.18. The number of halogens is 2. The molecular formula is C19H20F2N2O2. The molecule has 0 radical (unpaired) electrons. The highest BCUT2D eigenvalue weighted by Crippen LogP contribution is 2.33. The summed E-state index contributed by atoms with van der Waals surface area (Å²) in [6.07, 6.45) is -0.344. The van der Waals surface area contributed by atoms with E-state index in [1.165, 1.54) is 30.3 Å². The molecule has 0 aliphatic carbocycles. The van der Waals surface area contributed by atoms with Crippen LogP contribution in [0.3, 0.4) is 0 Å². The third-order valence-corrected chi connectivity index (χ3v) is 4.50. The van der Waals surface area contributed by atoms with E-state index in [0.717, 1.165) is 0 Å². The summed E-state index contributed by atoms with van der Waals surface area (Å²) in [5, 5.41) is 12.9. The zero-order valence-electron chi connectivity index (χ0n) is 13.8. The fourth-order valence-corrected chi connectivity index (χ4v) is 3.14. The lowest BCUT2D eigenvalue weighted by Crippen LogP contribution is -2.27. The highest BCUT2D eigenvalue weighted by molar-refractivity contribution is 5.96. The summed E-state index contributed by atoms with van der Waals surface area (Å²) in [5.74, 6) is -1.74. The number of anilines is 1. The molecule has 0 unspecified atom stereocenters. The number of hydrogen-bond acceptors (Lipinski definition) is 3. The number of hydrogen-bond donors (Lipinski definition) is 3. The number of nitrogens with two attached hydrogens (primary N) is 1. The van der Waals surface area contributed by atoms with E-state index >= 15 is 0 Å². The van der Waals surface area contributed by atoms with Crippen LogP contribution in [0.15, 0.2) is 36.4 Å². The molecule has 132 valence electrons. The van der Waals surface area contributed by atoms with Gasteiger partial charge < -0.3 is 16.2 Å². The molecule has 1 aliphatic rings. The molecular weight excluding hydrogens is 326 g/mol. The smallest absolute Gasteiger partial charge is 0.227 e. The summed E-state index contributed by atoms with van der Waals surface area (Å²) in [6.45, 7) is 1.71. The van der Waals surface area contributed by atoms with Crippen LogP contribution in [0.4, 0.5) is 14.5 Å². The largest absolute Gasteiger partial charge is 0.393 e. The summed E-state index contributed by atoms with van der Waals surface area (Å²) in [6, 6.07) is 7.59. The van der Waals surface area contributed by atoms with Crippen molar-refractivity contribution in [3.05, 3.63) is 53.6 Å². The Labute approximate surface area is 144 Å². The maximum atomic E-state index is 14.1. The second-order valence-electron chi connectivity index (χ2n) is 6.59. The van der Waals surface area contributed by atoms with Gasteiger partial charge in [0.1, 0.15) is 11.6 Å². The number of nitrogens with one attached hydrogen (secondary N) is 1. The van der Waals surface area contributed by atoms with Crippen LogP contribution in [0.25, 0.3) is 11.1 Å². The Kier molecular flexibility index (Phi) is 4.83. The van der Waals surface area contributed by atoms with E-state index in [4.69, 9.17) is 5.73 Å². The van der Waals surface area contributed by atoms with Gasteiger partial charge in [0.05, 0.1) is 6.10 Å². The Morgan fingerprint density at radius 3 is 2.64 bits per heavy atom. The van der Waals surface area contributed by atoms with Crippen LogP contribution in [0.5, 0.6) is 0 Å². The van der Waals surface area contributed by atoms with Gasteiger partial charge in [0.25, 0.3) is 0 Å². The minimum absolute atomic E-state index is 0.205. The average molecular weight is 346 g/mol. The van der Waals surface area contributed by atoms with E-state index in [2.05, 4.69) is 5.32 Å².